The van der Waals surface area contributed by atoms with Crippen molar-refractivity contribution in [1.29, 1.82) is 0 Å². The zero-order valence-corrected chi connectivity index (χ0v) is 9.56. The molecule has 0 aliphatic carbocycles. The van der Waals surface area contributed by atoms with Crippen LogP contribution in [0.2, 0.25) is 0 Å². The van der Waals surface area contributed by atoms with Gasteiger partial charge in [0.25, 0.3) is 0 Å². The van der Waals surface area contributed by atoms with Crippen molar-refractivity contribution in [1.82, 2.24) is 5.32 Å². The van der Waals surface area contributed by atoms with E-state index in [1.54, 1.807) is 0 Å². The molecule has 1 N–H and O–H groups in total. The van der Waals surface area contributed by atoms with E-state index in [4.69, 9.17) is 0 Å². The Morgan fingerprint density at radius 2 is 2.23 bits per heavy atom. The summed E-state index contributed by atoms with van der Waals surface area (Å²) < 4.78 is 1.17. The Bertz CT molecular complexity index is 305. The number of hydrogen-bond donors (Lipinski definition) is 1. The van der Waals surface area contributed by atoms with E-state index in [2.05, 4.69) is 58.5 Å². The molecule has 0 saturated carbocycles. The Morgan fingerprint density at radius 3 is 2.92 bits per heavy atom. The van der Waals surface area contributed by atoms with Crippen molar-refractivity contribution >= 4 is 22.0 Å². The summed E-state index contributed by atoms with van der Waals surface area (Å²) in [5, 5.41) is 3.07. The smallest absolute Gasteiger partial charge is 0.0210 e. The van der Waals surface area contributed by atoms with Crippen LogP contribution in [0.15, 0.2) is 28.7 Å². The van der Waals surface area contributed by atoms with Gasteiger partial charge in [-0.1, -0.05) is 40.2 Å². The second kappa shape index (κ2) is 5.20. The Kier molecular flexibility index (Phi) is 4.19. The molecule has 0 spiro atoms. The molecule has 2 heteroatoms. The van der Waals surface area contributed by atoms with Gasteiger partial charge in [0.1, 0.15) is 0 Å². The van der Waals surface area contributed by atoms with Crippen LogP contribution in [-0.2, 0) is 0 Å². The number of rotatable bonds is 3. The lowest BCUT2D eigenvalue weighted by Crippen LogP contribution is -2.03. The molecule has 1 aromatic rings. The van der Waals surface area contributed by atoms with E-state index < -0.39 is 0 Å². The lowest BCUT2D eigenvalue weighted by atomic mass is 10.1. The Balaban J connectivity index is 2.83. The van der Waals surface area contributed by atoms with Gasteiger partial charge in [-0.05, 0) is 31.2 Å². The van der Waals surface area contributed by atoms with Gasteiger partial charge in [-0.3, -0.25) is 0 Å². The van der Waals surface area contributed by atoms with E-state index in [-0.39, 0.29) is 0 Å². The van der Waals surface area contributed by atoms with Crippen molar-refractivity contribution in [2.24, 2.45) is 0 Å². The first-order valence-electron chi connectivity index (χ1n) is 4.32. The summed E-state index contributed by atoms with van der Waals surface area (Å²) in [5.74, 6) is 0. The van der Waals surface area contributed by atoms with Crippen LogP contribution >= 0.6 is 15.9 Å². The van der Waals surface area contributed by atoms with Gasteiger partial charge >= 0.3 is 0 Å². The molecule has 0 radical (unpaired) electrons. The number of hydrogen-bond acceptors (Lipinski definition) is 1. The van der Waals surface area contributed by atoms with Gasteiger partial charge in [0.05, 0.1) is 0 Å². The minimum Gasteiger partial charge on any atom is -0.316 e. The van der Waals surface area contributed by atoms with Gasteiger partial charge in [-0.15, -0.1) is 0 Å². The normalized spacial score (nSPS) is 11.0. The van der Waals surface area contributed by atoms with Crippen LogP contribution in [0.4, 0.5) is 0 Å². The van der Waals surface area contributed by atoms with E-state index in [9.17, 15) is 0 Å². The molecule has 1 nitrogen and oxygen atoms in total. The van der Waals surface area contributed by atoms with Crippen molar-refractivity contribution in [2.45, 2.75) is 6.92 Å². The molecule has 0 fully saturated rings. The fourth-order valence-corrected chi connectivity index (χ4v) is 1.49. The number of likely N-dealkylation sites (N-methyl/N-ethyl adjacent to an activating group) is 1. The van der Waals surface area contributed by atoms with Crippen LogP contribution in [0.5, 0.6) is 0 Å². The average Bonchev–Trinajstić information content (AvgIpc) is 2.13. The highest BCUT2D eigenvalue weighted by atomic mass is 79.9. The van der Waals surface area contributed by atoms with Gasteiger partial charge in [-0.25, -0.2) is 0 Å². The number of nitrogens with one attached hydrogen (secondary N) is 1. The molecule has 0 heterocycles. The molecule has 0 atom stereocenters. The summed E-state index contributed by atoms with van der Waals surface area (Å²) in [7, 11) is 1.94. The number of halogens is 1. The summed E-state index contributed by atoms with van der Waals surface area (Å²) in [4.78, 5) is 0. The molecule has 0 bridgehead atoms. The van der Waals surface area contributed by atoms with Gasteiger partial charge in [0.2, 0.25) is 0 Å². The van der Waals surface area contributed by atoms with Gasteiger partial charge in [-0.2, -0.15) is 0 Å². The Morgan fingerprint density at radius 1 is 1.46 bits per heavy atom. The van der Waals surface area contributed by atoms with Crippen molar-refractivity contribution in [3.8, 4) is 0 Å². The molecular weight excluding hydrogens is 226 g/mol. The summed E-state index contributed by atoms with van der Waals surface area (Å²) in [5.41, 5.74) is 2.56. The predicted octanol–water partition coefficient (Wildman–Crippen LogP) is 2.99. The Labute approximate surface area is 88.0 Å². The maximum absolute atomic E-state index is 3.51. The molecule has 1 aromatic carbocycles. The van der Waals surface area contributed by atoms with Crippen LogP contribution in [0.3, 0.4) is 0 Å². The van der Waals surface area contributed by atoms with Gasteiger partial charge in [0.15, 0.2) is 0 Å². The first-order valence-corrected chi connectivity index (χ1v) is 5.11. The monoisotopic (exact) mass is 239 g/mol. The van der Waals surface area contributed by atoms with E-state index in [0.29, 0.717) is 0 Å². The third-order valence-corrected chi connectivity index (χ3v) is 2.79. The lowest BCUT2D eigenvalue weighted by molar-refractivity contribution is 0.922. The van der Waals surface area contributed by atoms with Crippen LogP contribution < -0.4 is 5.32 Å². The SMILES string of the molecule is CNCC=Cc1cccc(Br)c1C. The Hall–Kier alpha value is -0.600. The van der Waals surface area contributed by atoms with Crippen LogP contribution in [-0.4, -0.2) is 13.6 Å². The molecule has 1 rings (SSSR count). The van der Waals surface area contributed by atoms with Gasteiger partial charge in [0, 0.05) is 11.0 Å². The van der Waals surface area contributed by atoms with Crippen molar-refractivity contribution in [3.05, 3.63) is 39.9 Å². The average molecular weight is 240 g/mol. The first-order chi connectivity index (χ1) is 6.25. The third kappa shape index (κ3) is 2.98. The molecule has 13 heavy (non-hydrogen) atoms. The van der Waals surface area contributed by atoms with Crippen molar-refractivity contribution in [3.63, 3.8) is 0 Å². The quantitative estimate of drug-likeness (QED) is 0.856. The minimum atomic E-state index is 0.909. The second-order valence-corrected chi connectivity index (χ2v) is 3.77. The largest absolute Gasteiger partial charge is 0.316 e. The van der Waals surface area contributed by atoms with E-state index in [1.165, 1.54) is 15.6 Å². The fraction of sp³-hybridized carbons (Fsp3) is 0.273. The maximum atomic E-state index is 3.51. The zero-order chi connectivity index (χ0) is 9.68. The van der Waals surface area contributed by atoms with E-state index >= 15 is 0 Å². The topological polar surface area (TPSA) is 12.0 Å². The summed E-state index contributed by atoms with van der Waals surface area (Å²) in [6, 6.07) is 6.23. The zero-order valence-electron chi connectivity index (χ0n) is 7.97. The highest BCUT2D eigenvalue weighted by Crippen LogP contribution is 2.20. The molecule has 0 aromatic heterocycles. The second-order valence-electron chi connectivity index (χ2n) is 2.91. The minimum absolute atomic E-state index is 0.909. The van der Waals surface area contributed by atoms with Crippen molar-refractivity contribution in [2.75, 3.05) is 13.6 Å². The highest BCUT2D eigenvalue weighted by Gasteiger charge is 1.96. The predicted molar refractivity (Wildman–Crippen MR) is 61.8 cm³/mol. The molecule has 0 aliphatic rings. The molecule has 0 aliphatic heterocycles. The van der Waals surface area contributed by atoms with E-state index in [1.807, 2.05) is 7.05 Å². The highest BCUT2D eigenvalue weighted by molar-refractivity contribution is 9.10. The summed E-state index contributed by atoms with van der Waals surface area (Å²) in [6.07, 6.45) is 4.26. The first kappa shape index (κ1) is 10.5. The van der Waals surface area contributed by atoms with Crippen LogP contribution in [0.25, 0.3) is 6.08 Å². The lowest BCUT2D eigenvalue weighted by Gasteiger charge is -2.01. The molecule has 70 valence electrons. The molecule has 0 unspecified atom stereocenters. The van der Waals surface area contributed by atoms with Gasteiger partial charge < -0.3 is 5.32 Å². The summed E-state index contributed by atoms with van der Waals surface area (Å²) >= 11 is 3.51. The molecule has 0 saturated heterocycles. The summed E-state index contributed by atoms with van der Waals surface area (Å²) in [6.45, 7) is 3.02. The van der Waals surface area contributed by atoms with E-state index in [0.717, 1.165) is 6.54 Å². The fourth-order valence-electron chi connectivity index (χ4n) is 1.11. The number of benzene rings is 1. The van der Waals surface area contributed by atoms with Crippen LogP contribution in [0, 0.1) is 6.92 Å². The third-order valence-electron chi connectivity index (χ3n) is 1.93. The van der Waals surface area contributed by atoms with Crippen molar-refractivity contribution < 1.29 is 0 Å². The standard InChI is InChI=1S/C11H14BrN/c1-9-10(6-4-8-13-2)5-3-7-11(9)12/h3-7,13H,8H2,1-2H3. The molecule has 0 amide bonds. The maximum Gasteiger partial charge on any atom is 0.0210 e. The van der Waals surface area contributed by atoms with Crippen LogP contribution in [0.1, 0.15) is 11.1 Å². The molecular formula is C11H14BrN.